The molecule has 2 aromatic rings. The van der Waals surface area contributed by atoms with Crippen LogP contribution in [0.5, 0.6) is 0 Å². The Morgan fingerprint density at radius 2 is 1.96 bits per heavy atom. The molecule has 0 unspecified atom stereocenters. The molecular weight excluding hydrogens is 344 g/mol. The molecule has 2 aromatic heterocycles. The average molecular weight is 370 g/mol. The number of amides is 2. The van der Waals surface area contributed by atoms with Gasteiger partial charge in [0.05, 0.1) is 18.1 Å². The number of furan rings is 1. The molecule has 0 spiro atoms. The molecule has 0 atom stereocenters. The Balaban J connectivity index is 1.55. The number of piperazine rings is 1. The highest BCUT2D eigenvalue weighted by Crippen LogP contribution is 2.17. The number of rotatable bonds is 6. The molecule has 3 rings (SSSR count). The molecule has 0 N–H and O–H groups in total. The predicted octanol–water partition coefficient (Wildman–Crippen LogP) is 2.51. The van der Waals surface area contributed by atoms with Gasteiger partial charge in [-0.05, 0) is 30.7 Å². The molecule has 0 radical (unpaired) electrons. The second-order valence-electron chi connectivity index (χ2n) is 6.74. The second-order valence-corrected chi connectivity index (χ2v) is 6.74. The Morgan fingerprint density at radius 1 is 1.19 bits per heavy atom. The van der Waals surface area contributed by atoms with Crippen molar-refractivity contribution >= 4 is 17.5 Å². The summed E-state index contributed by atoms with van der Waals surface area (Å²) in [4.78, 5) is 34.7. The number of carbonyl (C=O) groups is 2. The van der Waals surface area contributed by atoms with Crippen LogP contribution >= 0.6 is 0 Å². The molecule has 1 aliphatic rings. The molecule has 3 heterocycles. The van der Waals surface area contributed by atoms with E-state index in [9.17, 15) is 9.59 Å². The fourth-order valence-electron chi connectivity index (χ4n) is 3.12. The van der Waals surface area contributed by atoms with Gasteiger partial charge in [0.1, 0.15) is 5.69 Å². The van der Waals surface area contributed by atoms with E-state index in [0.717, 1.165) is 38.2 Å². The molecule has 1 fully saturated rings. The van der Waals surface area contributed by atoms with Gasteiger partial charge in [-0.3, -0.25) is 9.59 Å². The van der Waals surface area contributed by atoms with Crippen molar-refractivity contribution < 1.29 is 14.0 Å². The first kappa shape index (κ1) is 18.9. The zero-order chi connectivity index (χ0) is 19.2. The number of pyridine rings is 1. The van der Waals surface area contributed by atoms with Gasteiger partial charge in [0.15, 0.2) is 5.76 Å². The lowest BCUT2D eigenvalue weighted by Gasteiger charge is -2.35. The van der Waals surface area contributed by atoms with Crippen molar-refractivity contribution in [2.24, 2.45) is 0 Å². The molecule has 0 bridgehead atoms. The van der Waals surface area contributed by atoms with Crippen LogP contribution in [0.15, 0.2) is 41.1 Å². The molecule has 7 nitrogen and oxygen atoms in total. The van der Waals surface area contributed by atoms with Gasteiger partial charge in [-0.15, -0.1) is 0 Å². The van der Waals surface area contributed by atoms with Crippen LogP contribution in [0.3, 0.4) is 0 Å². The van der Waals surface area contributed by atoms with Crippen molar-refractivity contribution in [3.05, 3.63) is 48.2 Å². The quantitative estimate of drug-likeness (QED) is 0.781. The summed E-state index contributed by atoms with van der Waals surface area (Å²) in [6.07, 6.45) is 5.29. The standard InChI is InChI=1S/C20H26N4O3/c1-3-4-9-22(2)19(25)17-8-7-16(15-21-17)23-10-12-24(13-11-23)20(26)18-6-5-14-27-18/h5-8,14-15H,3-4,9-13H2,1-2H3. The molecule has 144 valence electrons. The maximum Gasteiger partial charge on any atom is 0.289 e. The van der Waals surface area contributed by atoms with Crippen molar-refractivity contribution in [2.75, 3.05) is 44.7 Å². The highest BCUT2D eigenvalue weighted by Gasteiger charge is 2.24. The highest BCUT2D eigenvalue weighted by molar-refractivity contribution is 5.92. The number of anilines is 1. The van der Waals surface area contributed by atoms with Gasteiger partial charge >= 0.3 is 0 Å². The van der Waals surface area contributed by atoms with E-state index in [0.29, 0.717) is 24.5 Å². The van der Waals surface area contributed by atoms with E-state index in [1.54, 1.807) is 34.2 Å². The Labute approximate surface area is 159 Å². The number of aromatic nitrogens is 1. The van der Waals surface area contributed by atoms with Gasteiger partial charge in [0.25, 0.3) is 11.8 Å². The highest BCUT2D eigenvalue weighted by atomic mass is 16.3. The average Bonchev–Trinajstić information content (AvgIpc) is 3.26. The van der Waals surface area contributed by atoms with Crippen LogP contribution in [0, 0.1) is 0 Å². The minimum atomic E-state index is -0.0752. The zero-order valence-electron chi connectivity index (χ0n) is 15.9. The Morgan fingerprint density at radius 3 is 2.56 bits per heavy atom. The van der Waals surface area contributed by atoms with E-state index in [1.807, 2.05) is 13.1 Å². The van der Waals surface area contributed by atoms with E-state index in [4.69, 9.17) is 4.42 Å². The first-order chi connectivity index (χ1) is 13.1. The summed E-state index contributed by atoms with van der Waals surface area (Å²) >= 11 is 0. The molecule has 1 saturated heterocycles. The van der Waals surface area contributed by atoms with Crippen LogP contribution in [0.25, 0.3) is 0 Å². The lowest BCUT2D eigenvalue weighted by molar-refractivity contribution is 0.0714. The maximum atomic E-state index is 12.4. The molecule has 7 heteroatoms. The van der Waals surface area contributed by atoms with Gasteiger partial charge < -0.3 is 19.1 Å². The van der Waals surface area contributed by atoms with Crippen LogP contribution in [-0.4, -0.2) is 66.4 Å². The third kappa shape index (κ3) is 4.48. The number of hydrogen-bond acceptors (Lipinski definition) is 5. The normalized spacial score (nSPS) is 14.3. The van der Waals surface area contributed by atoms with Crippen molar-refractivity contribution in [2.45, 2.75) is 19.8 Å². The van der Waals surface area contributed by atoms with E-state index in [-0.39, 0.29) is 11.8 Å². The van der Waals surface area contributed by atoms with E-state index in [2.05, 4.69) is 16.8 Å². The third-order valence-electron chi connectivity index (χ3n) is 4.82. The lowest BCUT2D eigenvalue weighted by Crippen LogP contribution is -2.48. The third-order valence-corrected chi connectivity index (χ3v) is 4.82. The fraction of sp³-hybridized carbons (Fsp3) is 0.450. The Bertz CT molecular complexity index is 750. The monoisotopic (exact) mass is 370 g/mol. The summed E-state index contributed by atoms with van der Waals surface area (Å²) in [5.74, 6) is 0.248. The number of carbonyl (C=O) groups excluding carboxylic acids is 2. The van der Waals surface area contributed by atoms with Crippen molar-refractivity contribution in [1.82, 2.24) is 14.8 Å². The van der Waals surface area contributed by atoms with E-state index in [1.165, 1.54) is 6.26 Å². The number of unbranched alkanes of at least 4 members (excludes halogenated alkanes) is 1. The molecule has 0 saturated carbocycles. The Hall–Kier alpha value is -2.83. The number of hydrogen-bond donors (Lipinski definition) is 0. The van der Waals surface area contributed by atoms with Crippen molar-refractivity contribution in [3.63, 3.8) is 0 Å². The Kier molecular flexibility index (Phi) is 6.11. The summed E-state index contributed by atoms with van der Waals surface area (Å²) < 4.78 is 5.19. The first-order valence-corrected chi connectivity index (χ1v) is 9.39. The zero-order valence-corrected chi connectivity index (χ0v) is 15.9. The van der Waals surface area contributed by atoms with Gasteiger partial charge in [0.2, 0.25) is 0 Å². The summed E-state index contributed by atoms with van der Waals surface area (Å²) in [5.41, 5.74) is 1.43. The summed E-state index contributed by atoms with van der Waals surface area (Å²) in [5, 5.41) is 0. The topological polar surface area (TPSA) is 69.9 Å². The first-order valence-electron chi connectivity index (χ1n) is 9.39. The fourth-order valence-corrected chi connectivity index (χ4v) is 3.12. The van der Waals surface area contributed by atoms with E-state index < -0.39 is 0 Å². The van der Waals surface area contributed by atoms with Gasteiger partial charge in [-0.25, -0.2) is 4.98 Å². The maximum absolute atomic E-state index is 12.4. The number of nitrogens with zero attached hydrogens (tertiary/aromatic N) is 4. The summed E-state index contributed by atoms with van der Waals surface area (Å²) in [6.45, 7) is 5.54. The molecule has 1 aliphatic heterocycles. The van der Waals surface area contributed by atoms with Crippen LogP contribution in [-0.2, 0) is 0 Å². The molecule has 0 aromatic carbocycles. The van der Waals surface area contributed by atoms with Crippen LogP contribution in [0.1, 0.15) is 40.8 Å². The van der Waals surface area contributed by atoms with Gasteiger partial charge in [-0.1, -0.05) is 13.3 Å². The van der Waals surface area contributed by atoms with Crippen LogP contribution in [0.2, 0.25) is 0 Å². The molecular formula is C20H26N4O3. The molecule has 2 amide bonds. The SMILES string of the molecule is CCCCN(C)C(=O)c1ccc(N2CCN(C(=O)c3ccco3)CC2)cn1. The lowest BCUT2D eigenvalue weighted by atomic mass is 10.2. The predicted molar refractivity (Wildman–Crippen MR) is 103 cm³/mol. The second kappa shape index (κ2) is 8.70. The smallest absolute Gasteiger partial charge is 0.289 e. The largest absolute Gasteiger partial charge is 0.459 e. The summed E-state index contributed by atoms with van der Waals surface area (Å²) in [7, 11) is 1.81. The van der Waals surface area contributed by atoms with Gasteiger partial charge in [-0.2, -0.15) is 0 Å². The summed E-state index contributed by atoms with van der Waals surface area (Å²) in [6, 6.07) is 7.11. The van der Waals surface area contributed by atoms with Crippen molar-refractivity contribution in [1.29, 1.82) is 0 Å². The minimum absolute atomic E-state index is 0.0520. The van der Waals surface area contributed by atoms with Crippen molar-refractivity contribution in [3.8, 4) is 0 Å². The van der Waals surface area contributed by atoms with E-state index >= 15 is 0 Å². The minimum Gasteiger partial charge on any atom is -0.459 e. The molecule has 27 heavy (non-hydrogen) atoms. The molecule has 0 aliphatic carbocycles. The van der Waals surface area contributed by atoms with Crippen LogP contribution in [0.4, 0.5) is 5.69 Å². The van der Waals surface area contributed by atoms with Crippen LogP contribution < -0.4 is 4.90 Å². The van der Waals surface area contributed by atoms with Gasteiger partial charge in [0, 0.05) is 39.8 Å².